The number of carbonyl (C=O) groups excluding carboxylic acids is 1. The van der Waals surface area contributed by atoms with Crippen LogP contribution in [0, 0.1) is 11.3 Å². The Hall–Kier alpha value is -2.08. The number of hydrogen-bond acceptors (Lipinski definition) is 3. The molecule has 1 amide bonds. The van der Waals surface area contributed by atoms with Gasteiger partial charge in [-0.05, 0) is 62.1 Å². The highest BCUT2D eigenvalue weighted by Gasteiger charge is 2.35. The number of ether oxygens (including phenoxy) is 1. The molecule has 0 bridgehead atoms. The lowest BCUT2D eigenvalue weighted by atomic mass is 9.78. The molecule has 0 aliphatic carbocycles. The first kappa shape index (κ1) is 24.6. The fourth-order valence-corrected chi connectivity index (χ4v) is 4.78. The lowest BCUT2D eigenvalue weighted by Gasteiger charge is -2.40. The molecule has 3 rings (SSSR count). The maximum Gasteiger partial charge on any atom is 0.253 e. The Morgan fingerprint density at radius 3 is 2.47 bits per heavy atom. The van der Waals surface area contributed by atoms with E-state index in [9.17, 15) is 4.79 Å². The summed E-state index contributed by atoms with van der Waals surface area (Å²) >= 11 is 0. The molecule has 2 unspecified atom stereocenters. The summed E-state index contributed by atoms with van der Waals surface area (Å²) in [6.45, 7) is 13.7. The fourth-order valence-electron chi connectivity index (χ4n) is 4.78. The van der Waals surface area contributed by atoms with Crippen LogP contribution in [0.1, 0.15) is 75.7 Å². The van der Waals surface area contributed by atoms with Gasteiger partial charge in [0.05, 0.1) is 12.6 Å². The summed E-state index contributed by atoms with van der Waals surface area (Å²) in [5.41, 5.74) is 2.01. The second-order valence-corrected chi connectivity index (χ2v) is 10.2. The molecular weight excluding hydrogens is 400 g/mol. The minimum absolute atomic E-state index is 0.135. The van der Waals surface area contributed by atoms with Gasteiger partial charge in [0.15, 0.2) is 5.96 Å². The monoisotopic (exact) mass is 442 g/mol. The quantitative estimate of drug-likeness (QED) is 0.512. The standard InChI is InChI=1S/C26H42N4O2/c1-5-27-25(29-19-22-10-9-17-32-23(22)26(2,3)4)28-18-20-11-13-21(14-12-20)24(31)30-15-7-6-8-16-30/h11-14,22-23H,5-10,15-19H2,1-4H3,(H2,27,28,29). The van der Waals surface area contributed by atoms with Crippen LogP contribution in [-0.4, -0.2) is 55.7 Å². The van der Waals surface area contributed by atoms with Crippen LogP contribution < -0.4 is 10.6 Å². The summed E-state index contributed by atoms with van der Waals surface area (Å²) in [5.74, 6) is 1.46. The fraction of sp³-hybridized carbons (Fsp3) is 0.692. The van der Waals surface area contributed by atoms with Crippen LogP contribution in [0.25, 0.3) is 0 Å². The number of aliphatic imine (C=N–C) groups is 1. The molecule has 0 radical (unpaired) electrons. The minimum Gasteiger partial charge on any atom is -0.377 e. The molecule has 1 aromatic rings. The van der Waals surface area contributed by atoms with E-state index in [2.05, 4.69) is 38.3 Å². The lowest BCUT2D eigenvalue weighted by Crippen LogP contribution is -2.47. The van der Waals surface area contributed by atoms with E-state index >= 15 is 0 Å². The van der Waals surface area contributed by atoms with Crippen molar-refractivity contribution in [1.29, 1.82) is 0 Å². The Morgan fingerprint density at radius 1 is 1.09 bits per heavy atom. The molecule has 0 spiro atoms. The predicted octanol–water partition coefficient (Wildman–Crippen LogP) is 4.21. The number of rotatable bonds is 6. The van der Waals surface area contributed by atoms with Crippen LogP contribution in [0.4, 0.5) is 0 Å². The van der Waals surface area contributed by atoms with E-state index in [-0.39, 0.29) is 17.4 Å². The second kappa shape index (κ2) is 11.7. The third-order valence-electron chi connectivity index (χ3n) is 6.44. The first-order chi connectivity index (χ1) is 15.4. The lowest BCUT2D eigenvalue weighted by molar-refractivity contribution is -0.0835. The second-order valence-electron chi connectivity index (χ2n) is 10.2. The Bertz CT molecular complexity index is 748. The summed E-state index contributed by atoms with van der Waals surface area (Å²) in [5, 5.41) is 6.89. The minimum atomic E-state index is 0.135. The van der Waals surface area contributed by atoms with Gasteiger partial charge < -0.3 is 20.3 Å². The molecular formula is C26H42N4O2. The van der Waals surface area contributed by atoms with Gasteiger partial charge in [-0.15, -0.1) is 0 Å². The predicted molar refractivity (Wildman–Crippen MR) is 131 cm³/mol. The van der Waals surface area contributed by atoms with Gasteiger partial charge >= 0.3 is 0 Å². The zero-order chi connectivity index (χ0) is 23.0. The first-order valence-electron chi connectivity index (χ1n) is 12.4. The molecule has 6 heteroatoms. The molecule has 32 heavy (non-hydrogen) atoms. The molecule has 2 N–H and O–H groups in total. The molecule has 1 aromatic carbocycles. The van der Waals surface area contributed by atoms with Crippen molar-refractivity contribution in [3.05, 3.63) is 35.4 Å². The average Bonchev–Trinajstić information content (AvgIpc) is 2.81. The Kier molecular flexibility index (Phi) is 8.97. The highest BCUT2D eigenvalue weighted by Crippen LogP contribution is 2.33. The van der Waals surface area contributed by atoms with Gasteiger partial charge in [0.2, 0.25) is 0 Å². The van der Waals surface area contributed by atoms with Crippen molar-refractivity contribution in [2.75, 3.05) is 32.8 Å². The molecule has 2 heterocycles. The third kappa shape index (κ3) is 6.96. The third-order valence-corrected chi connectivity index (χ3v) is 6.44. The Balaban J connectivity index is 1.56. The number of likely N-dealkylation sites (tertiary alicyclic amines) is 1. The number of nitrogens with one attached hydrogen (secondary N) is 2. The molecule has 0 aromatic heterocycles. The molecule has 2 fully saturated rings. The number of hydrogen-bond donors (Lipinski definition) is 2. The Labute approximate surface area is 194 Å². The van der Waals surface area contributed by atoms with Crippen LogP contribution in [0.15, 0.2) is 29.3 Å². The van der Waals surface area contributed by atoms with Crippen LogP contribution >= 0.6 is 0 Å². The van der Waals surface area contributed by atoms with Crippen molar-refractivity contribution < 1.29 is 9.53 Å². The summed E-state index contributed by atoms with van der Waals surface area (Å²) < 4.78 is 6.12. The number of benzene rings is 1. The van der Waals surface area contributed by atoms with Gasteiger partial charge in [0.1, 0.15) is 0 Å². The normalized spacial score (nSPS) is 22.5. The first-order valence-corrected chi connectivity index (χ1v) is 12.4. The highest BCUT2D eigenvalue weighted by atomic mass is 16.5. The van der Waals surface area contributed by atoms with Crippen molar-refractivity contribution in [3.8, 4) is 0 Å². The molecule has 178 valence electrons. The average molecular weight is 443 g/mol. The molecule has 2 aliphatic rings. The molecule has 2 atom stereocenters. The number of guanidine groups is 1. The molecule has 2 saturated heterocycles. The summed E-state index contributed by atoms with van der Waals surface area (Å²) in [4.78, 5) is 19.4. The van der Waals surface area contributed by atoms with E-state index in [1.54, 1.807) is 0 Å². The number of amides is 1. The maximum atomic E-state index is 12.7. The van der Waals surface area contributed by atoms with E-state index in [1.807, 2.05) is 29.2 Å². The summed E-state index contributed by atoms with van der Waals surface area (Å²) in [6, 6.07) is 7.93. The number of carbonyl (C=O) groups is 1. The van der Waals surface area contributed by atoms with E-state index in [1.165, 1.54) is 12.8 Å². The maximum absolute atomic E-state index is 12.7. The van der Waals surface area contributed by atoms with Crippen LogP contribution in [-0.2, 0) is 11.3 Å². The summed E-state index contributed by atoms with van der Waals surface area (Å²) in [7, 11) is 0. The van der Waals surface area contributed by atoms with Gasteiger partial charge in [0, 0.05) is 44.3 Å². The largest absolute Gasteiger partial charge is 0.377 e. The van der Waals surface area contributed by atoms with E-state index in [0.717, 1.165) is 69.1 Å². The highest BCUT2D eigenvalue weighted by molar-refractivity contribution is 5.94. The Morgan fingerprint density at radius 2 is 1.81 bits per heavy atom. The SMILES string of the molecule is CCNC(=NCc1ccc(C(=O)N2CCCCC2)cc1)NCC1CCCOC1C(C)(C)C. The van der Waals surface area contributed by atoms with Gasteiger partial charge in [-0.25, -0.2) is 4.99 Å². The van der Waals surface area contributed by atoms with Gasteiger partial charge in [-0.3, -0.25) is 4.79 Å². The summed E-state index contributed by atoms with van der Waals surface area (Å²) in [6.07, 6.45) is 6.02. The van der Waals surface area contributed by atoms with Crippen molar-refractivity contribution in [2.45, 2.75) is 72.4 Å². The van der Waals surface area contributed by atoms with Crippen molar-refractivity contribution in [2.24, 2.45) is 16.3 Å². The van der Waals surface area contributed by atoms with Crippen molar-refractivity contribution in [1.82, 2.24) is 15.5 Å². The molecule has 6 nitrogen and oxygen atoms in total. The molecule has 0 saturated carbocycles. The van der Waals surface area contributed by atoms with Crippen molar-refractivity contribution in [3.63, 3.8) is 0 Å². The van der Waals surface area contributed by atoms with Gasteiger partial charge in [0.25, 0.3) is 5.91 Å². The van der Waals surface area contributed by atoms with E-state index in [4.69, 9.17) is 9.73 Å². The number of piperidine rings is 1. The van der Waals surface area contributed by atoms with Crippen molar-refractivity contribution >= 4 is 11.9 Å². The van der Waals surface area contributed by atoms with E-state index < -0.39 is 0 Å². The van der Waals surface area contributed by atoms with E-state index in [0.29, 0.717) is 12.5 Å². The molecule has 2 aliphatic heterocycles. The van der Waals surface area contributed by atoms with Crippen LogP contribution in [0.2, 0.25) is 0 Å². The smallest absolute Gasteiger partial charge is 0.253 e. The topological polar surface area (TPSA) is 66.0 Å². The van der Waals surface area contributed by atoms with Gasteiger partial charge in [-0.2, -0.15) is 0 Å². The number of nitrogens with zero attached hydrogens (tertiary/aromatic N) is 2. The van der Waals surface area contributed by atoms with Gasteiger partial charge in [-0.1, -0.05) is 32.9 Å². The zero-order valence-corrected chi connectivity index (χ0v) is 20.5. The zero-order valence-electron chi connectivity index (χ0n) is 20.5. The van der Waals surface area contributed by atoms with Crippen LogP contribution in [0.5, 0.6) is 0 Å². The van der Waals surface area contributed by atoms with Crippen LogP contribution in [0.3, 0.4) is 0 Å².